The van der Waals surface area contributed by atoms with Crippen LogP contribution in [-0.4, -0.2) is 51.3 Å². The van der Waals surface area contributed by atoms with Crippen LogP contribution in [0.2, 0.25) is 0 Å². The number of guanidine groups is 1. The summed E-state index contributed by atoms with van der Waals surface area (Å²) in [5, 5.41) is 6.53. The van der Waals surface area contributed by atoms with E-state index in [2.05, 4.69) is 58.6 Å². The summed E-state index contributed by atoms with van der Waals surface area (Å²) >= 11 is 0. The Morgan fingerprint density at radius 1 is 1.17 bits per heavy atom. The minimum absolute atomic E-state index is 0. The maximum absolute atomic E-state index is 5.02. The van der Waals surface area contributed by atoms with Gasteiger partial charge in [-0.2, -0.15) is 0 Å². The minimum atomic E-state index is 0. The van der Waals surface area contributed by atoms with E-state index < -0.39 is 0 Å². The SMILES string of the molecule is CCN(CC)Cc1cccc(CNC(=NC)NCCOC)c1.I. The van der Waals surface area contributed by atoms with E-state index >= 15 is 0 Å². The standard InChI is InChI=1S/C17H30N4O.HI/c1-5-21(6-2)14-16-9-7-8-15(12-16)13-20-17(18-3)19-10-11-22-4;/h7-9,12H,5-6,10-11,13-14H2,1-4H3,(H2,18,19,20);1H. The molecule has 0 bridgehead atoms. The number of nitrogens with zero attached hydrogens (tertiary/aromatic N) is 2. The number of hydrogen-bond donors (Lipinski definition) is 2. The Kier molecular flexibility index (Phi) is 13.1. The smallest absolute Gasteiger partial charge is 0.191 e. The summed E-state index contributed by atoms with van der Waals surface area (Å²) in [6.07, 6.45) is 0. The van der Waals surface area contributed by atoms with Gasteiger partial charge in [-0.15, -0.1) is 24.0 Å². The van der Waals surface area contributed by atoms with Crippen molar-refractivity contribution in [3.05, 3.63) is 35.4 Å². The Morgan fingerprint density at radius 3 is 2.48 bits per heavy atom. The zero-order valence-electron chi connectivity index (χ0n) is 14.8. The van der Waals surface area contributed by atoms with Crippen molar-refractivity contribution in [1.82, 2.24) is 15.5 Å². The van der Waals surface area contributed by atoms with Crippen LogP contribution in [0.15, 0.2) is 29.3 Å². The lowest BCUT2D eigenvalue weighted by molar-refractivity contribution is 0.203. The Hall–Kier alpha value is -0.860. The van der Waals surface area contributed by atoms with Crippen LogP contribution in [0.3, 0.4) is 0 Å². The van der Waals surface area contributed by atoms with Gasteiger partial charge in [0.1, 0.15) is 0 Å². The molecule has 23 heavy (non-hydrogen) atoms. The molecule has 6 heteroatoms. The van der Waals surface area contributed by atoms with Crippen LogP contribution in [0.5, 0.6) is 0 Å². The number of benzene rings is 1. The van der Waals surface area contributed by atoms with E-state index in [-0.39, 0.29) is 24.0 Å². The van der Waals surface area contributed by atoms with E-state index in [0.717, 1.165) is 38.7 Å². The molecule has 0 aliphatic carbocycles. The van der Waals surface area contributed by atoms with Gasteiger partial charge in [-0.1, -0.05) is 38.1 Å². The molecule has 0 aromatic heterocycles. The molecule has 1 aromatic carbocycles. The number of aliphatic imine (C=N–C) groups is 1. The van der Waals surface area contributed by atoms with Crippen LogP contribution in [0.25, 0.3) is 0 Å². The summed E-state index contributed by atoms with van der Waals surface area (Å²) in [4.78, 5) is 6.62. The van der Waals surface area contributed by atoms with Crippen molar-refractivity contribution in [3.63, 3.8) is 0 Å². The van der Waals surface area contributed by atoms with Crippen molar-refractivity contribution in [2.45, 2.75) is 26.9 Å². The van der Waals surface area contributed by atoms with E-state index in [0.29, 0.717) is 6.61 Å². The molecule has 0 unspecified atom stereocenters. The molecule has 0 heterocycles. The first-order valence-electron chi connectivity index (χ1n) is 7.97. The Bertz CT molecular complexity index is 450. The Labute approximate surface area is 157 Å². The third-order valence-electron chi connectivity index (χ3n) is 3.57. The number of nitrogens with one attached hydrogen (secondary N) is 2. The molecule has 0 amide bonds. The van der Waals surface area contributed by atoms with Gasteiger partial charge in [0, 0.05) is 33.8 Å². The zero-order valence-corrected chi connectivity index (χ0v) is 17.1. The monoisotopic (exact) mass is 434 g/mol. The number of methoxy groups -OCH3 is 1. The molecule has 5 nitrogen and oxygen atoms in total. The Balaban J connectivity index is 0.00000484. The molecule has 0 atom stereocenters. The van der Waals surface area contributed by atoms with Gasteiger partial charge in [0.25, 0.3) is 0 Å². The molecule has 2 N–H and O–H groups in total. The highest BCUT2D eigenvalue weighted by atomic mass is 127. The molecule has 0 aliphatic heterocycles. The maximum Gasteiger partial charge on any atom is 0.191 e. The highest BCUT2D eigenvalue weighted by Gasteiger charge is 2.03. The Morgan fingerprint density at radius 2 is 1.87 bits per heavy atom. The fourth-order valence-corrected chi connectivity index (χ4v) is 2.22. The first-order chi connectivity index (χ1) is 10.7. The number of rotatable bonds is 9. The second-order valence-electron chi connectivity index (χ2n) is 5.13. The molecule has 0 saturated heterocycles. The topological polar surface area (TPSA) is 48.9 Å². The fourth-order valence-electron chi connectivity index (χ4n) is 2.22. The van der Waals surface area contributed by atoms with E-state index in [4.69, 9.17) is 4.74 Å². The molecule has 0 fully saturated rings. The van der Waals surface area contributed by atoms with Crippen LogP contribution in [-0.2, 0) is 17.8 Å². The van der Waals surface area contributed by atoms with Gasteiger partial charge in [-0.3, -0.25) is 9.89 Å². The lowest BCUT2D eigenvalue weighted by Gasteiger charge is -2.18. The highest BCUT2D eigenvalue weighted by Crippen LogP contribution is 2.08. The molecule has 1 rings (SSSR count). The molecule has 0 spiro atoms. The summed E-state index contributed by atoms with van der Waals surface area (Å²) in [6.45, 7) is 9.73. The molecule has 0 aliphatic rings. The average molecular weight is 434 g/mol. The van der Waals surface area contributed by atoms with Crippen molar-refractivity contribution >= 4 is 29.9 Å². The van der Waals surface area contributed by atoms with Gasteiger partial charge in [-0.25, -0.2) is 0 Å². The van der Waals surface area contributed by atoms with Crippen molar-refractivity contribution in [2.24, 2.45) is 4.99 Å². The zero-order chi connectivity index (χ0) is 16.2. The lowest BCUT2D eigenvalue weighted by Crippen LogP contribution is -2.38. The quantitative estimate of drug-likeness (QED) is 0.271. The van der Waals surface area contributed by atoms with E-state index in [1.165, 1.54) is 11.1 Å². The van der Waals surface area contributed by atoms with Crippen LogP contribution in [0.1, 0.15) is 25.0 Å². The lowest BCUT2D eigenvalue weighted by atomic mass is 10.1. The van der Waals surface area contributed by atoms with Gasteiger partial charge in [-0.05, 0) is 24.2 Å². The molecule has 1 aromatic rings. The molecular formula is C17H31IN4O. The highest BCUT2D eigenvalue weighted by molar-refractivity contribution is 14.0. The first-order valence-corrected chi connectivity index (χ1v) is 7.97. The van der Waals surface area contributed by atoms with Gasteiger partial charge in [0.2, 0.25) is 0 Å². The van der Waals surface area contributed by atoms with Gasteiger partial charge in [0.15, 0.2) is 5.96 Å². The first kappa shape index (κ1) is 22.1. The van der Waals surface area contributed by atoms with E-state index in [9.17, 15) is 0 Å². The third-order valence-corrected chi connectivity index (χ3v) is 3.57. The number of halogens is 1. The second kappa shape index (κ2) is 13.6. The van der Waals surface area contributed by atoms with Gasteiger partial charge < -0.3 is 15.4 Å². The van der Waals surface area contributed by atoms with Crippen molar-refractivity contribution in [1.29, 1.82) is 0 Å². The largest absolute Gasteiger partial charge is 0.383 e. The van der Waals surface area contributed by atoms with Crippen LogP contribution < -0.4 is 10.6 Å². The van der Waals surface area contributed by atoms with Crippen molar-refractivity contribution in [2.75, 3.05) is 40.4 Å². The molecule has 0 radical (unpaired) electrons. The summed E-state index contributed by atoms with van der Waals surface area (Å²) in [6, 6.07) is 8.71. The van der Waals surface area contributed by atoms with Crippen molar-refractivity contribution < 1.29 is 4.74 Å². The number of hydrogen-bond acceptors (Lipinski definition) is 3. The van der Waals surface area contributed by atoms with Gasteiger partial charge >= 0.3 is 0 Å². The van der Waals surface area contributed by atoms with Crippen molar-refractivity contribution in [3.8, 4) is 0 Å². The summed E-state index contributed by atoms with van der Waals surface area (Å²) < 4.78 is 5.02. The van der Waals surface area contributed by atoms with Gasteiger partial charge in [0.05, 0.1) is 6.61 Å². The number of ether oxygens (including phenoxy) is 1. The maximum atomic E-state index is 5.02. The normalized spacial score (nSPS) is 11.3. The summed E-state index contributed by atoms with van der Waals surface area (Å²) in [5.74, 6) is 0.797. The predicted molar refractivity (Wildman–Crippen MR) is 109 cm³/mol. The predicted octanol–water partition coefficient (Wildman–Crippen LogP) is 2.46. The molecular weight excluding hydrogens is 403 g/mol. The fraction of sp³-hybridized carbons (Fsp3) is 0.588. The third kappa shape index (κ3) is 9.12. The second-order valence-corrected chi connectivity index (χ2v) is 5.13. The van der Waals surface area contributed by atoms with E-state index in [1.807, 2.05) is 0 Å². The molecule has 132 valence electrons. The minimum Gasteiger partial charge on any atom is -0.383 e. The van der Waals surface area contributed by atoms with Crippen LogP contribution >= 0.6 is 24.0 Å². The average Bonchev–Trinajstić information content (AvgIpc) is 2.56. The van der Waals surface area contributed by atoms with E-state index in [1.54, 1.807) is 14.2 Å². The molecule has 0 saturated carbocycles. The van der Waals surface area contributed by atoms with Crippen LogP contribution in [0, 0.1) is 0 Å². The van der Waals surface area contributed by atoms with Crippen LogP contribution in [0.4, 0.5) is 0 Å². The summed E-state index contributed by atoms with van der Waals surface area (Å²) in [5.41, 5.74) is 2.62. The summed E-state index contributed by atoms with van der Waals surface area (Å²) in [7, 11) is 3.47.